The van der Waals surface area contributed by atoms with Gasteiger partial charge >= 0.3 is 6.03 Å². The Labute approximate surface area is 123 Å². The van der Waals surface area contributed by atoms with Crippen LogP contribution in [0.3, 0.4) is 0 Å². The summed E-state index contributed by atoms with van der Waals surface area (Å²) < 4.78 is 0. The summed E-state index contributed by atoms with van der Waals surface area (Å²) in [5.74, 6) is 0. The second-order valence-corrected chi connectivity index (χ2v) is 6.63. The molecule has 2 rings (SSSR count). The van der Waals surface area contributed by atoms with Crippen LogP contribution in [0.2, 0.25) is 0 Å². The molecule has 0 spiro atoms. The third-order valence-corrected chi connectivity index (χ3v) is 5.20. The number of carbonyl (C=O) groups excluding carboxylic acids is 1. The van der Waals surface area contributed by atoms with Crippen molar-refractivity contribution >= 4 is 17.4 Å². The van der Waals surface area contributed by atoms with E-state index in [0.717, 1.165) is 37.1 Å². The van der Waals surface area contributed by atoms with Crippen LogP contribution < -0.4 is 10.6 Å². The lowest BCUT2D eigenvalue weighted by atomic mass is 9.99. The highest BCUT2D eigenvalue weighted by atomic mass is 32.1. The van der Waals surface area contributed by atoms with Gasteiger partial charge in [0.2, 0.25) is 0 Å². The number of aliphatic hydroxyl groups excluding tert-OH is 1. The molecule has 0 bridgehead atoms. The molecule has 1 aromatic rings. The zero-order chi connectivity index (χ0) is 14.6. The average Bonchev–Trinajstić information content (AvgIpc) is 3.07. The molecule has 1 aromatic heterocycles. The van der Waals surface area contributed by atoms with Crippen LogP contribution in [-0.4, -0.2) is 28.3 Å². The first-order valence-electron chi connectivity index (χ1n) is 7.23. The summed E-state index contributed by atoms with van der Waals surface area (Å²) in [5.41, 5.74) is -0.429. The number of aliphatic hydroxyl groups is 1. The van der Waals surface area contributed by atoms with E-state index < -0.39 is 5.54 Å². The molecule has 1 unspecified atom stereocenters. The van der Waals surface area contributed by atoms with Crippen LogP contribution >= 0.6 is 11.3 Å². The molecular formula is C14H23N3O2S. The molecule has 20 heavy (non-hydrogen) atoms. The minimum Gasteiger partial charge on any atom is -0.394 e. The minimum absolute atomic E-state index is 0.00599. The molecule has 1 aliphatic rings. The third kappa shape index (κ3) is 3.49. The van der Waals surface area contributed by atoms with E-state index in [1.807, 2.05) is 13.1 Å². The van der Waals surface area contributed by atoms with E-state index in [-0.39, 0.29) is 18.7 Å². The highest BCUT2D eigenvalue weighted by molar-refractivity contribution is 7.11. The number of nitrogens with one attached hydrogen (secondary N) is 2. The molecule has 1 aliphatic carbocycles. The molecule has 1 fully saturated rings. The summed E-state index contributed by atoms with van der Waals surface area (Å²) in [6, 6.07) is -0.334. The molecule has 5 nitrogen and oxygen atoms in total. The second-order valence-electron chi connectivity index (χ2n) is 5.48. The number of hydrogen-bond acceptors (Lipinski definition) is 4. The average molecular weight is 297 g/mol. The van der Waals surface area contributed by atoms with E-state index in [9.17, 15) is 9.90 Å². The number of aromatic nitrogens is 1. The fourth-order valence-corrected chi connectivity index (χ4v) is 3.46. The molecule has 1 heterocycles. The van der Waals surface area contributed by atoms with Crippen molar-refractivity contribution in [3.63, 3.8) is 0 Å². The van der Waals surface area contributed by atoms with Gasteiger partial charge in [0.1, 0.15) is 5.01 Å². The monoisotopic (exact) mass is 297 g/mol. The second kappa shape index (κ2) is 6.54. The number of aryl methyl sites for hydroxylation is 1. The van der Waals surface area contributed by atoms with Gasteiger partial charge in [0, 0.05) is 11.1 Å². The highest BCUT2D eigenvalue weighted by Crippen LogP contribution is 2.29. The van der Waals surface area contributed by atoms with Gasteiger partial charge in [-0.05, 0) is 26.2 Å². The molecule has 2 amide bonds. The molecular weight excluding hydrogens is 274 g/mol. The van der Waals surface area contributed by atoms with Crippen LogP contribution in [0.4, 0.5) is 4.79 Å². The Morgan fingerprint density at radius 3 is 2.80 bits per heavy atom. The summed E-state index contributed by atoms with van der Waals surface area (Å²) in [4.78, 5) is 17.6. The third-order valence-electron chi connectivity index (χ3n) is 3.88. The van der Waals surface area contributed by atoms with Crippen molar-refractivity contribution in [1.82, 2.24) is 15.6 Å². The molecule has 0 aromatic carbocycles. The molecule has 1 saturated carbocycles. The van der Waals surface area contributed by atoms with Crippen molar-refractivity contribution in [2.24, 2.45) is 0 Å². The number of nitrogens with zero attached hydrogens (tertiary/aromatic N) is 1. The standard InChI is InChI=1S/C14H23N3O2S/c1-3-11-8-15-12(20-11)10(2)16-13(19)17-14(9-18)6-4-5-7-14/h8,10,18H,3-7,9H2,1-2H3,(H2,16,17,19). The van der Waals surface area contributed by atoms with E-state index in [0.29, 0.717) is 0 Å². The lowest BCUT2D eigenvalue weighted by Crippen LogP contribution is -2.53. The van der Waals surface area contributed by atoms with Crippen LogP contribution in [0.25, 0.3) is 0 Å². The lowest BCUT2D eigenvalue weighted by Gasteiger charge is -2.28. The van der Waals surface area contributed by atoms with Gasteiger partial charge in [-0.1, -0.05) is 19.8 Å². The van der Waals surface area contributed by atoms with Crippen LogP contribution in [0, 0.1) is 0 Å². The SMILES string of the molecule is CCc1cnc(C(C)NC(=O)NC2(CO)CCCC2)s1. The smallest absolute Gasteiger partial charge is 0.315 e. The highest BCUT2D eigenvalue weighted by Gasteiger charge is 2.34. The van der Waals surface area contributed by atoms with Gasteiger partial charge in [0.05, 0.1) is 18.2 Å². The van der Waals surface area contributed by atoms with E-state index in [1.165, 1.54) is 4.88 Å². The summed E-state index contributed by atoms with van der Waals surface area (Å²) >= 11 is 1.63. The number of amides is 2. The summed E-state index contributed by atoms with van der Waals surface area (Å²) in [5, 5.41) is 16.3. The van der Waals surface area contributed by atoms with Crippen LogP contribution in [0.1, 0.15) is 55.5 Å². The van der Waals surface area contributed by atoms with Crippen LogP contribution in [0.5, 0.6) is 0 Å². The van der Waals surface area contributed by atoms with Crippen molar-refractivity contribution in [1.29, 1.82) is 0 Å². The van der Waals surface area contributed by atoms with Crippen LogP contribution in [0.15, 0.2) is 6.20 Å². The fourth-order valence-electron chi connectivity index (χ4n) is 2.60. The zero-order valence-electron chi connectivity index (χ0n) is 12.1. The number of thiazole rings is 1. The fraction of sp³-hybridized carbons (Fsp3) is 0.714. The first kappa shape index (κ1) is 15.3. The normalized spacial score (nSPS) is 18.8. The van der Waals surface area contributed by atoms with E-state index in [2.05, 4.69) is 22.5 Å². The Bertz CT molecular complexity index is 455. The first-order valence-corrected chi connectivity index (χ1v) is 8.04. The van der Waals surface area contributed by atoms with E-state index in [1.54, 1.807) is 11.3 Å². The van der Waals surface area contributed by atoms with Gasteiger partial charge in [-0.15, -0.1) is 11.3 Å². The van der Waals surface area contributed by atoms with Gasteiger partial charge < -0.3 is 15.7 Å². The summed E-state index contributed by atoms with van der Waals surface area (Å²) in [7, 11) is 0. The number of rotatable bonds is 5. The van der Waals surface area contributed by atoms with Crippen LogP contribution in [-0.2, 0) is 6.42 Å². The van der Waals surface area contributed by atoms with E-state index >= 15 is 0 Å². The molecule has 0 radical (unpaired) electrons. The topological polar surface area (TPSA) is 74.2 Å². The number of hydrogen-bond donors (Lipinski definition) is 3. The Morgan fingerprint density at radius 1 is 1.55 bits per heavy atom. The Balaban J connectivity index is 1.90. The Kier molecular flexibility index (Phi) is 4.99. The Hall–Kier alpha value is -1.14. The van der Waals surface area contributed by atoms with Gasteiger partial charge in [-0.3, -0.25) is 0 Å². The number of carbonyl (C=O) groups is 1. The maximum absolute atomic E-state index is 12.1. The summed E-state index contributed by atoms with van der Waals surface area (Å²) in [6.07, 6.45) is 6.64. The molecule has 3 N–H and O–H groups in total. The lowest BCUT2D eigenvalue weighted by molar-refractivity contribution is 0.162. The quantitative estimate of drug-likeness (QED) is 0.781. The first-order chi connectivity index (χ1) is 9.58. The van der Waals surface area contributed by atoms with Crippen molar-refractivity contribution in [2.75, 3.05) is 6.61 Å². The molecule has 6 heteroatoms. The largest absolute Gasteiger partial charge is 0.394 e. The molecule has 0 aliphatic heterocycles. The van der Waals surface area contributed by atoms with Crippen molar-refractivity contribution in [3.05, 3.63) is 16.1 Å². The Morgan fingerprint density at radius 2 is 2.25 bits per heavy atom. The van der Waals surface area contributed by atoms with E-state index in [4.69, 9.17) is 0 Å². The van der Waals surface area contributed by atoms with Gasteiger partial charge in [0.15, 0.2) is 0 Å². The predicted molar refractivity (Wildman–Crippen MR) is 79.9 cm³/mol. The van der Waals surface area contributed by atoms with Crippen molar-refractivity contribution in [2.45, 2.75) is 57.5 Å². The minimum atomic E-state index is -0.429. The maximum Gasteiger partial charge on any atom is 0.315 e. The molecule has 112 valence electrons. The predicted octanol–water partition coefficient (Wildman–Crippen LogP) is 2.37. The zero-order valence-corrected chi connectivity index (χ0v) is 12.9. The van der Waals surface area contributed by atoms with Gasteiger partial charge in [-0.2, -0.15) is 0 Å². The van der Waals surface area contributed by atoms with Gasteiger partial charge in [-0.25, -0.2) is 9.78 Å². The maximum atomic E-state index is 12.1. The summed E-state index contributed by atoms with van der Waals surface area (Å²) in [6.45, 7) is 4.03. The van der Waals surface area contributed by atoms with Gasteiger partial charge in [0.25, 0.3) is 0 Å². The number of urea groups is 1. The van der Waals surface area contributed by atoms with Crippen molar-refractivity contribution < 1.29 is 9.90 Å². The molecule has 0 saturated heterocycles. The van der Waals surface area contributed by atoms with Crippen molar-refractivity contribution in [3.8, 4) is 0 Å². The molecule has 1 atom stereocenters.